The predicted octanol–water partition coefficient (Wildman–Crippen LogP) is 3.95. The second-order valence-electron chi connectivity index (χ2n) is 7.96. The maximum atomic E-state index is 6.37. The number of fused-ring (bicyclic) bond motifs is 1. The molecule has 0 bridgehead atoms. The van der Waals surface area contributed by atoms with Gasteiger partial charge in [0, 0.05) is 62.2 Å². The van der Waals surface area contributed by atoms with Crippen LogP contribution in [0.2, 0.25) is 0 Å². The van der Waals surface area contributed by atoms with Crippen LogP contribution in [0.15, 0.2) is 42.7 Å². The number of pyridine rings is 1. The monoisotopic (exact) mass is 365 g/mol. The van der Waals surface area contributed by atoms with Crippen LogP contribution in [0.25, 0.3) is 0 Å². The maximum absolute atomic E-state index is 6.37. The number of rotatable bonds is 4. The Morgan fingerprint density at radius 3 is 2.81 bits per heavy atom. The van der Waals surface area contributed by atoms with Gasteiger partial charge in [0.05, 0.1) is 6.61 Å². The van der Waals surface area contributed by atoms with Gasteiger partial charge in [-0.15, -0.1) is 0 Å². The van der Waals surface area contributed by atoms with Crippen LogP contribution in [0.3, 0.4) is 0 Å². The van der Waals surface area contributed by atoms with Gasteiger partial charge < -0.3 is 14.8 Å². The molecule has 2 aromatic rings. The Balaban J connectivity index is 1.21. The molecule has 3 aliphatic rings. The van der Waals surface area contributed by atoms with Gasteiger partial charge in [-0.25, -0.2) is 0 Å². The van der Waals surface area contributed by atoms with Gasteiger partial charge in [0.15, 0.2) is 0 Å². The summed E-state index contributed by atoms with van der Waals surface area (Å²) in [7, 11) is 0. The van der Waals surface area contributed by atoms with Gasteiger partial charge in [-0.05, 0) is 42.7 Å². The average Bonchev–Trinajstić information content (AvgIpc) is 2.68. The molecule has 3 heterocycles. The van der Waals surface area contributed by atoms with Gasteiger partial charge in [0.2, 0.25) is 5.79 Å². The second-order valence-corrected chi connectivity index (χ2v) is 7.96. The van der Waals surface area contributed by atoms with Crippen LogP contribution < -0.4 is 10.1 Å². The smallest absolute Gasteiger partial charge is 0.213 e. The first-order chi connectivity index (χ1) is 13.3. The number of piperidine rings is 1. The normalized spacial score (nSPS) is 21.9. The van der Waals surface area contributed by atoms with Crippen LogP contribution in [0.5, 0.6) is 5.75 Å². The van der Waals surface area contributed by atoms with Crippen LogP contribution >= 0.6 is 0 Å². The average molecular weight is 365 g/mol. The van der Waals surface area contributed by atoms with Crippen LogP contribution in [-0.4, -0.2) is 34.8 Å². The first kappa shape index (κ1) is 17.0. The molecule has 1 aliphatic carbocycles. The van der Waals surface area contributed by atoms with Crippen molar-refractivity contribution in [2.24, 2.45) is 0 Å². The van der Waals surface area contributed by atoms with Crippen molar-refractivity contribution in [3.8, 4) is 5.75 Å². The lowest BCUT2D eigenvalue weighted by Gasteiger charge is -2.47. The molecule has 5 heteroatoms. The van der Waals surface area contributed by atoms with Crippen molar-refractivity contribution in [3.63, 3.8) is 0 Å². The van der Waals surface area contributed by atoms with E-state index in [-0.39, 0.29) is 0 Å². The van der Waals surface area contributed by atoms with Crippen molar-refractivity contribution in [1.29, 1.82) is 0 Å². The summed E-state index contributed by atoms with van der Waals surface area (Å²) in [5, 5.41) is 3.46. The largest absolute Gasteiger partial charge is 0.462 e. The van der Waals surface area contributed by atoms with E-state index in [4.69, 9.17) is 9.47 Å². The molecule has 0 radical (unpaired) electrons. The van der Waals surface area contributed by atoms with Gasteiger partial charge in [0.1, 0.15) is 5.75 Å². The minimum atomic E-state index is -0.419. The molecule has 142 valence electrons. The summed E-state index contributed by atoms with van der Waals surface area (Å²) < 4.78 is 12.6. The van der Waals surface area contributed by atoms with E-state index < -0.39 is 5.79 Å². The second kappa shape index (κ2) is 7.13. The highest BCUT2D eigenvalue weighted by Gasteiger charge is 2.42. The molecular formula is C22H27N3O2. The molecule has 0 atom stereocenters. The van der Waals surface area contributed by atoms with E-state index in [2.05, 4.69) is 39.5 Å². The third-order valence-electron chi connectivity index (χ3n) is 6.22. The Morgan fingerprint density at radius 1 is 1.19 bits per heavy atom. The van der Waals surface area contributed by atoms with Crippen LogP contribution in [-0.2, 0) is 17.9 Å². The van der Waals surface area contributed by atoms with Crippen molar-refractivity contribution in [3.05, 3.63) is 53.9 Å². The minimum absolute atomic E-state index is 0.419. The van der Waals surface area contributed by atoms with Gasteiger partial charge >= 0.3 is 0 Å². The first-order valence-electron chi connectivity index (χ1n) is 10.1. The molecule has 5 nitrogen and oxygen atoms in total. The number of benzene rings is 1. The molecule has 2 fully saturated rings. The Labute approximate surface area is 160 Å². The van der Waals surface area contributed by atoms with Gasteiger partial charge in [-0.3, -0.25) is 9.88 Å². The highest BCUT2D eigenvalue weighted by Crippen LogP contribution is 2.40. The van der Waals surface area contributed by atoms with E-state index >= 15 is 0 Å². The van der Waals surface area contributed by atoms with E-state index in [0.29, 0.717) is 6.61 Å². The minimum Gasteiger partial charge on any atom is -0.462 e. The number of hydrogen-bond donors (Lipinski definition) is 1. The van der Waals surface area contributed by atoms with Gasteiger partial charge in [-0.1, -0.05) is 12.5 Å². The molecule has 1 aromatic carbocycles. The Hall–Kier alpha value is -2.11. The maximum Gasteiger partial charge on any atom is 0.213 e. The van der Waals surface area contributed by atoms with Crippen molar-refractivity contribution in [2.75, 3.05) is 18.4 Å². The quantitative estimate of drug-likeness (QED) is 0.889. The molecule has 0 amide bonds. The predicted molar refractivity (Wildman–Crippen MR) is 105 cm³/mol. The Morgan fingerprint density at radius 2 is 2.07 bits per heavy atom. The lowest BCUT2D eigenvalue weighted by Crippen LogP contribution is -2.54. The zero-order valence-corrected chi connectivity index (χ0v) is 15.7. The third kappa shape index (κ3) is 3.54. The highest BCUT2D eigenvalue weighted by atomic mass is 16.7. The van der Waals surface area contributed by atoms with E-state index in [9.17, 15) is 0 Å². The lowest BCUT2D eigenvalue weighted by molar-refractivity contribution is -0.231. The molecule has 1 aromatic heterocycles. The van der Waals surface area contributed by atoms with Crippen LogP contribution in [0.4, 0.5) is 5.69 Å². The van der Waals surface area contributed by atoms with Gasteiger partial charge in [0.25, 0.3) is 0 Å². The standard InChI is InChI=1S/C22H27N3O2/c1-4-20(5-1)25-11-8-22(9-12-25)26-16-18-13-19(6-7-21(18)27-22)24-15-17-3-2-10-23-14-17/h2-3,6-7,10,13-14,20,24H,1,4-5,8-9,11-12,15-16H2. The molecule has 0 unspecified atom stereocenters. The molecule has 5 rings (SSSR count). The molecule has 1 spiro atoms. The molecule has 27 heavy (non-hydrogen) atoms. The summed E-state index contributed by atoms with van der Waals surface area (Å²) in [6.45, 7) is 3.56. The number of anilines is 1. The summed E-state index contributed by atoms with van der Waals surface area (Å²) in [4.78, 5) is 6.78. The summed E-state index contributed by atoms with van der Waals surface area (Å²) in [5.41, 5.74) is 3.37. The third-order valence-corrected chi connectivity index (χ3v) is 6.22. The number of ether oxygens (including phenoxy) is 2. The molecular weight excluding hydrogens is 338 g/mol. The van der Waals surface area contributed by atoms with E-state index in [1.807, 2.05) is 12.3 Å². The fraction of sp³-hybridized carbons (Fsp3) is 0.500. The molecule has 1 saturated heterocycles. The fourth-order valence-electron chi connectivity index (χ4n) is 4.28. The van der Waals surface area contributed by atoms with Crippen molar-refractivity contribution in [1.82, 2.24) is 9.88 Å². The number of hydrogen-bond acceptors (Lipinski definition) is 5. The van der Waals surface area contributed by atoms with Gasteiger partial charge in [-0.2, -0.15) is 0 Å². The topological polar surface area (TPSA) is 46.6 Å². The van der Waals surface area contributed by atoms with Crippen LogP contribution in [0.1, 0.15) is 43.2 Å². The summed E-state index contributed by atoms with van der Waals surface area (Å²) in [5.74, 6) is 0.558. The van der Waals surface area contributed by atoms with Crippen molar-refractivity contribution >= 4 is 5.69 Å². The molecule has 1 saturated carbocycles. The Kier molecular flexibility index (Phi) is 4.50. The number of nitrogens with one attached hydrogen (secondary N) is 1. The Bertz CT molecular complexity index is 783. The van der Waals surface area contributed by atoms with Crippen LogP contribution in [0, 0.1) is 0 Å². The van der Waals surface area contributed by atoms with Crippen molar-refractivity contribution in [2.45, 2.75) is 57.1 Å². The SMILES string of the molecule is c1cncc(CNc2ccc3c(c2)COC2(CCN(C4CCC4)CC2)O3)c1. The number of aromatic nitrogens is 1. The lowest BCUT2D eigenvalue weighted by atomic mass is 9.89. The highest BCUT2D eigenvalue weighted by molar-refractivity contribution is 5.52. The zero-order valence-electron chi connectivity index (χ0n) is 15.7. The van der Waals surface area contributed by atoms with E-state index in [0.717, 1.165) is 55.5 Å². The molecule has 2 aliphatic heterocycles. The number of likely N-dealkylation sites (tertiary alicyclic amines) is 1. The summed E-state index contributed by atoms with van der Waals surface area (Å²) in [6.07, 6.45) is 9.73. The number of nitrogens with zero attached hydrogens (tertiary/aromatic N) is 2. The fourth-order valence-corrected chi connectivity index (χ4v) is 4.28. The summed E-state index contributed by atoms with van der Waals surface area (Å²) >= 11 is 0. The first-order valence-corrected chi connectivity index (χ1v) is 10.1. The van der Waals surface area contributed by atoms with E-state index in [1.54, 1.807) is 6.20 Å². The zero-order chi connectivity index (χ0) is 18.1. The van der Waals surface area contributed by atoms with Crippen molar-refractivity contribution < 1.29 is 9.47 Å². The summed E-state index contributed by atoms with van der Waals surface area (Å²) in [6, 6.07) is 11.2. The molecule has 1 N–H and O–H groups in total. The van der Waals surface area contributed by atoms with E-state index in [1.165, 1.54) is 24.8 Å².